The first-order chi connectivity index (χ1) is 7.21. The molecule has 0 amide bonds. The van der Waals surface area contributed by atoms with E-state index in [9.17, 15) is 13.2 Å². The molecule has 0 bridgehead atoms. The number of carbonyl (C=O) groups is 1. The summed E-state index contributed by atoms with van der Waals surface area (Å²) in [6, 6.07) is 3.00. The maximum atomic E-state index is 11.4. The van der Waals surface area contributed by atoms with Crippen LogP contribution < -0.4 is 0 Å². The second kappa shape index (κ2) is 4.25. The first-order valence-corrected chi connectivity index (χ1v) is 6.63. The van der Waals surface area contributed by atoms with Crippen molar-refractivity contribution in [3.05, 3.63) is 28.8 Å². The lowest BCUT2D eigenvalue weighted by molar-refractivity contribution is -0.136. The summed E-state index contributed by atoms with van der Waals surface area (Å²) in [5.41, 5.74) is 2.17. The average molecular weight is 242 g/mol. The second-order valence-corrected chi connectivity index (χ2v) is 5.88. The highest BCUT2D eigenvalue weighted by Crippen LogP contribution is 2.20. The van der Waals surface area contributed by atoms with E-state index in [0.29, 0.717) is 5.56 Å². The average Bonchev–Trinajstić information content (AvgIpc) is 2.10. The number of hydrogen-bond donors (Lipinski definition) is 1. The molecular weight excluding hydrogens is 228 g/mol. The highest BCUT2D eigenvalue weighted by Gasteiger charge is 2.13. The quantitative estimate of drug-likeness (QED) is 0.868. The molecule has 0 aliphatic carbocycles. The third kappa shape index (κ3) is 2.82. The summed E-state index contributed by atoms with van der Waals surface area (Å²) in [7, 11) is -3.29. The molecule has 0 unspecified atom stereocenters. The summed E-state index contributed by atoms with van der Waals surface area (Å²) in [6.45, 7) is 3.56. The topological polar surface area (TPSA) is 71.4 Å². The summed E-state index contributed by atoms with van der Waals surface area (Å²) in [5.74, 6) is -0.965. The summed E-state index contributed by atoms with van der Waals surface area (Å²) >= 11 is 0. The first-order valence-electron chi connectivity index (χ1n) is 4.74. The molecule has 0 spiro atoms. The molecule has 0 saturated carbocycles. The van der Waals surface area contributed by atoms with Crippen molar-refractivity contribution in [1.29, 1.82) is 0 Å². The van der Waals surface area contributed by atoms with E-state index in [4.69, 9.17) is 5.11 Å². The van der Waals surface area contributed by atoms with Crippen LogP contribution >= 0.6 is 0 Å². The van der Waals surface area contributed by atoms with Gasteiger partial charge in [0.25, 0.3) is 0 Å². The van der Waals surface area contributed by atoms with Gasteiger partial charge in [-0.25, -0.2) is 8.42 Å². The summed E-state index contributed by atoms with van der Waals surface area (Å²) < 4.78 is 22.8. The van der Waals surface area contributed by atoms with Crippen LogP contribution in [0.15, 0.2) is 17.0 Å². The fourth-order valence-corrected chi connectivity index (χ4v) is 2.20. The molecule has 88 valence electrons. The summed E-state index contributed by atoms with van der Waals surface area (Å²) in [6.07, 6.45) is 0.956. The minimum absolute atomic E-state index is 0.157. The highest BCUT2D eigenvalue weighted by atomic mass is 32.2. The van der Waals surface area contributed by atoms with Gasteiger partial charge in [0.1, 0.15) is 0 Å². The van der Waals surface area contributed by atoms with E-state index in [1.807, 2.05) is 0 Å². The van der Waals surface area contributed by atoms with E-state index < -0.39 is 15.8 Å². The van der Waals surface area contributed by atoms with Crippen molar-refractivity contribution in [1.82, 2.24) is 0 Å². The molecule has 0 fully saturated rings. The van der Waals surface area contributed by atoms with Gasteiger partial charge in [-0.1, -0.05) is 0 Å². The molecule has 0 radical (unpaired) electrons. The highest BCUT2D eigenvalue weighted by molar-refractivity contribution is 7.90. The Labute approximate surface area is 94.8 Å². The number of aliphatic carboxylic acids is 1. The van der Waals surface area contributed by atoms with Crippen LogP contribution in [-0.2, 0) is 21.1 Å². The van der Waals surface area contributed by atoms with Gasteiger partial charge in [0, 0.05) is 6.26 Å². The van der Waals surface area contributed by atoms with Crippen molar-refractivity contribution in [2.24, 2.45) is 0 Å². The Kier molecular flexibility index (Phi) is 3.38. The van der Waals surface area contributed by atoms with Gasteiger partial charge in [-0.2, -0.15) is 0 Å². The molecule has 1 rings (SSSR count). The zero-order chi connectivity index (χ0) is 12.5. The maximum Gasteiger partial charge on any atom is 0.307 e. The number of carboxylic acid groups (broad SMARTS) is 1. The zero-order valence-corrected chi connectivity index (χ0v) is 10.3. The van der Waals surface area contributed by atoms with Gasteiger partial charge in [-0.3, -0.25) is 4.79 Å². The number of aryl methyl sites for hydroxylation is 1. The third-order valence-electron chi connectivity index (χ3n) is 2.52. The first kappa shape index (κ1) is 12.7. The van der Waals surface area contributed by atoms with Gasteiger partial charge < -0.3 is 5.11 Å². The normalized spacial score (nSPS) is 11.4. The largest absolute Gasteiger partial charge is 0.481 e. The third-order valence-corrected chi connectivity index (χ3v) is 3.61. The predicted octanol–water partition coefficient (Wildman–Crippen LogP) is 1.33. The Morgan fingerprint density at radius 2 is 1.88 bits per heavy atom. The number of carboxylic acids is 1. The summed E-state index contributed by atoms with van der Waals surface area (Å²) in [4.78, 5) is 10.8. The van der Waals surface area contributed by atoms with Crippen molar-refractivity contribution >= 4 is 15.8 Å². The molecule has 0 aliphatic heterocycles. The minimum Gasteiger partial charge on any atom is -0.481 e. The Morgan fingerprint density at radius 1 is 1.31 bits per heavy atom. The Balaban J connectivity index is 3.39. The SMILES string of the molecule is Cc1cc(S(C)(=O)=O)cc(CC(=O)O)c1C. The molecular formula is C11H14O4S. The molecule has 0 saturated heterocycles. The number of sulfone groups is 1. The molecule has 1 aromatic carbocycles. The second-order valence-electron chi connectivity index (χ2n) is 3.87. The van der Waals surface area contributed by atoms with E-state index in [1.54, 1.807) is 19.9 Å². The van der Waals surface area contributed by atoms with Crippen molar-refractivity contribution < 1.29 is 18.3 Å². The van der Waals surface area contributed by atoms with Crippen molar-refractivity contribution in [2.45, 2.75) is 25.2 Å². The van der Waals surface area contributed by atoms with E-state index in [0.717, 1.165) is 17.4 Å². The Hall–Kier alpha value is -1.36. The van der Waals surface area contributed by atoms with E-state index >= 15 is 0 Å². The van der Waals surface area contributed by atoms with Crippen molar-refractivity contribution in [3.8, 4) is 0 Å². The van der Waals surface area contributed by atoms with E-state index in [1.165, 1.54) is 6.07 Å². The standard InChI is InChI=1S/C11H14O4S/c1-7-4-10(16(3,14)15)5-9(8(7)2)6-11(12)13/h4-5H,6H2,1-3H3,(H,12,13). The maximum absolute atomic E-state index is 11.4. The van der Waals surface area contributed by atoms with Crippen LogP contribution in [0.4, 0.5) is 0 Å². The molecule has 0 atom stereocenters. The Morgan fingerprint density at radius 3 is 2.31 bits per heavy atom. The lowest BCUT2D eigenvalue weighted by Crippen LogP contribution is -2.06. The molecule has 0 aromatic heterocycles. The van der Waals surface area contributed by atoms with Gasteiger partial charge in [0.05, 0.1) is 11.3 Å². The number of benzene rings is 1. The van der Waals surface area contributed by atoms with Crippen LogP contribution in [0, 0.1) is 13.8 Å². The van der Waals surface area contributed by atoms with Crippen LogP contribution in [0.25, 0.3) is 0 Å². The summed E-state index contributed by atoms with van der Waals surface area (Å²) in [5, 5.41) is 8.73. The fourth-order valence-electron chi connectivity index (χ4n) is 1.46. The van der Waals surface area contributed by atoms with Gasteiger partial charge >= 0.3 is 5.97 Å². The number of rotatable bonds is 3. The van der Waals surface area contributed by atoms with Crippen LogP contribution in [0.5, 0.6) is 0 Å². The zero-order valence-electron chi connectivity index (χ0n) is 9.44. The molecule has 4 nitrogen and oxygen atoms in total. The molecule has 0 heterocycles. The lowest BCUT2D eigenvalue weighted by Gasteiger charge is -2.09. The van der Waals surface area contributed by atoms with Gasteiger partial charge in [-0.15, -0.1) is 0 Å². The van der Waals surface area contributed by atoms with Crippen LogP contribution in [0.3, 0.4) is 0 Å². The van der Waals surface area contributed by atoms with Crippen LogP contribution in [0.1, 0.15) is 16.7 Å². The van der Waals surface area contributed by atoms with Crippen molar-refractivity contribution in [3.63, 3.8) is 0 Å². The van der Waals surface area contributed by atoms with Crippen LogP contribution in [-0.4, -0.2) is 25.7 Å². The molecule has 16 heavy (non-hydrogen) atoms. The molecule has 0 aliphatic rings. The number of hydrogen-bond acceptors (Lipinski definition) is 3. The van der Waals surface area contributed by atoms with E-state index in [-0.39, 0.29) is 11.3 Å². The minimum atomic E-state index is -3.29. The van der Waals surface area contributed by atoms with Gasteiger partial charge in [0.2, 0.25) is 0 Å². The smallest absolute Gasteiger partial charge is 0.307 e. The Bertz CT molecular complexity index is 529. The molecule has 1 aromatic rings. The fraction of sp³-hybridized carbons (Fsp3) is 0.364. The van der Waals surface area contributed by atoms with Crippen LogP contribution in [0.2, 0.25) is 0 Å². The van der Waals surface area contributed by atoms with E-state index in [2.05, 4.69) is 0 Å². The molecule has 1 N–H and O–H groups in total. The van der Waals surface area contributed by atoms with Crippen molar-refractivity contribution in [2.75, 3.05) is 6.26 Å². The monoisotopic (exact) mass is 242 g/mol. The van der Waals surface area contributed by atoms with Gasteiger partial charge in [0.15, 0.2) is 9.84 Å². The van der Waals surface area contributed by atoms with Gasteiger partial charge in [-0.05, 0) is 42.7 Å². The molecule has 5 heteroatoms. The predicted molar refractivity (Wildman–Crippen MR) is 60.4 cm³/mol. The lowest BCUT2D eigenvalue weighted by atomic mass is 10.0.